The van der Waals surface area contributed by atoms with Crippen molar-refractivity contribution in [1.82, 2.24) is 0 Å². The number of aliphatic hydroxyl groups is 1. The minimum atomic E-state index is -4.14. The number of ether oxygens (including phenoxy) is 1. The number of nitrogens with zero attached hydrogens (tertiary/aromatic N) is 1. The van der Waals surface area contributed by atoms with Gasteiger partial charge in [-0.05, 0) is 32.1 Å². The van der Waals surface area contributed by atoms with Gasteiger partial charge in [0.05, 0.1) is 34.4 Å². The van der Waals surface area contributed by atoms with Crippen LogP contribution in [0.5, 0.6) is 0 Å². The van der Waals surface area contributed by atoms with Crippen LogP contribution >= 0.6 is 7.82 Å². The summed E-state index contributed by atoms with van der Waals surface area (Å²) in [7, 11) is 1.74. The molecule has 0 saturated carbocycles. The normalized spacial score (nSPS) is 15.2. The maximum absolute atomic E-state index is 11.8. The summed E-state index contributed by atoms with van der Waals surface area (Å²) >= 11 is 0. The molecule has 0 aliphatic heterocycles. The summed E-state index contributed by atoms with van der Waals surface area (Å²) in [5.41, 5.74) is 0. The molecule has 7 nitrogen and oxygen atoms in total. The van der Waals surface area contributed by atoms with Crippen LogP contribution < -0.4 is 0 Å². The van der Waals surface area contributed by atoms with E-state index in [0.29, 0.717) is 17.6 Å². The molecule has 0 fully saturated rings. The average Bonchev–Trinajstić information content (AvgIpc) is 2.73. The second-order valence-electron chi connectivity index (χ2n) is 9.92. The molecule has 33 heavy (non-hydrogen) atoms. The second-order valence-corrected chi connectivity index (χ2v) is 11.4. The fourth-order valence-electron chi connectivity index (χ4n) is 3.19. The van der Waals surface area contributed by atoms with Crippen molar-refractivity contribution >= 4 is 7.82 Å². The Morgan fingerprint density at radius 3 is 1.91 bits per heavy atom. The average molecular weight is 495 g/mol. The predicted octanol–water partition coefficient (Wildman–Crippen LogP) is 5.85. The number of phosphoric ester groups is 1. The molecule has 0 aromatic heterocycles. The first-order valence-electron chi connectivity index (χ1n) is 13.0. The first-order valence-corrected chi connectivity index (χ1v) is 14.5. The highest BCUT2D eigenvalue weighted by Gasteiger charge is 2.24. The van der Waals surface area contributed by atoms with E-state index in [9.17, 15) is 14.6 Å². The number of rotatable bonds is 24. The van der Waals surface area contributed by atoms with Gasteiger partial charge in [-0.3, -0.25) is 9.05 Å². The largest absolute Gasteiger partial charge is 0.472 e. The minimum absolute atomic E-state index is 0.0767. The number of allylic oxidation sites excluding steroid dienone is 2. The maximum atomic E-state index is 11.8. The molecule has 0 aromatic rings. The third kappa shape index (κ3) is 26.2. The number of hydrogen-bond acceptors (Lipinski definition) is 5. The summed E-state index contributed by atoms with van der Waals surface area (Å²) in [4.78, 5) is 9.63. The van der Waals surface area contributed by atoms with Crippen molar-refractivity contribution in [2.45, 2.75) is 96.5 Å². The van der Waals surface area contributed by atoms with Crippen molar-refractivity contribution in [3.05, 3.63) is 12.2 Å². The topological polar surface area (TPSA) is 85.2 Å². The summed E-state index contributed by atoms with van der Waals surface area (Å²) in [5.74, 6) is 0. The summed E-state index contributed by atoms with van der Waals surface area (Å²) in [5, 5.41) is 9.84. The Labute approximate surface area is 203 Å². The van der Waals surface area contributed by atoms with Crippen LogP contribution in [0.2, 0.25) is 0 Å². The van der Waals surface area contributed by atoms with Gasteiger partial charge in [0.15, 0.2) is 0 Å². The number of hydrogen-bond donors (Lipinski definition) is 2. The number of quaternary nitrogens is 1. The molecule has 0 spiro atoms. The van der Waals surface area contributed by atoms with Crippen LogP contribution in [0, 0.1) is 0 Å². The van der Waals surface area contributed by atoms with Gasteiger partial charge in [-0.2, -0.15) is 0 Å². The molecule has 2 atom stereocenters. The lowest BCUT2D eigenvalue weighted by Crippen LogP contribution is -2.37. The van der Waals surface area contributed by atoms with Gasteiger partial charge in [-0.25, -0.2) is 4.57 Å². The standard InChI is InChI=1S/C25H52NO6P/c1-5-6-7-8-9-10-11-12-13-14-15-16-17-18-19-21-30-23-25(27)24-32-33(28,29)31-22-20-26(2,3)4/h15-16,25,27H,5-14,17-24H2,1-4H3/p+1/b16-15+/t25-/m1/s1. The minimum Gasteiger partial charge on any atom is -0.388 e. The Kier molecular flexibility index (Phi) is 20.9. The van der Waals surface area contributed by atoms with Crippen LogP contribution in [0.4, 0.5) is 0 Å². The third-order valence-corrected chi connectivity index (χ3v) is 6.29. The molecule has 0 heterocycles. The highest BCUT2D eigenvalue weighted by atomic mass is 31.2. The lowest BCUT2D eigenvalue weighted by Gasteiger charge is -2.24. The van der Waals surface area contributed by atoms with Crippen molar-refractivity contribution in [3.63, 3.8) is 0 Å². The van der Waals surface area contributed by atoms with E-state index in [1.54, 1.807) is 0 Å². The number of unbranched alkanes of at least 4 members (excludes halogenated alkanes) is 11. The molecule has 0 bridgehead atoms. The first-order chi connectivity index (χ1) is 15.7. The number of aliphatic hydroxyl groups excluding tert-OH is 1. The van der Waals surface area contributed by atoms with Crippen LogP contribution in [0.3, 0.4) is 0 Å². The van der Waals surface area contributed by atoms with E-state index >= 15 is 0 Å². The lowest BCUT2D eigenvalue weighted by atomic mass is 10.1. The zero-order valence-corrected chi connectivity index (χ0v) is 22.8. The molecule has 0 aliphatic carbocycles. The fraction of sp³-hybridized carbons (Fsp3) is 0.920. The van der Waals surface area contributed by atoms with Gasteiger partial charge in [0.2, 0.25) is 0 Å². The van der Waals surface area contributed by atoms with Crippen molar-refractivity contribution in [3.8, 4) is 0 Å². The highest BCUT2D eigenvalue weighted by Crippen LogP contribution is 2.43. The number of phosphoric acid groups is 1. The van der Waals surface area contributed by atoms with Gasteiger partial charge < -0.3 is 19.2 Å². The van der Waals surface area contributed by atoms with E-state index in [1.165, 1.54) is 64.2 Å². The Bertz CT molecular complexity index is 510. The van der Waals surface area contributed by atoms with Crippen LogP contribution in [0.1, 0.15) is 90.4 Å². The molecule has 0 radical (unpaired) electrons. The molecule has 0 aliphatic rings. The summed E-state index contributed by atoms with van der Waals surface area (Å²) in [6, 6.07) is 0. The molecule has 0 aromatic carbocycles. The molecule has 0 rings (SSSR count). The van der Waals surface area contributed by atoms with Crippen molar-refractivity contribution in [2.75, 3.05) is 54.1 Å². The molecule has 0 saturated heterocycles. The van der Waals surface area contributed by atoms with Gasteiger partial charge in [0.25, 0.3) is 0 Å². The van der Waals surface area contributed by atoms with Gasteiger partial charge in [-0.15, -0.1) is 0 Å². The van der Waals surface area contributed by atoms with Gasteiger partial charge in [-0.1, -0.05) is 70.4 Å². The second kappa shape index (κ2) is 21.0. The van der Waals surface area contributed by atoms with E-state index in [-0.39, 0.29) is 19.8 Å². The van der Waals surface area contributed by atoms with Crippen LogP contribution in [-0.2, 0) is 18.3 Å². The zero-order chi connectivity index (χ0) is 24.8. The van der Waals surface area contributed by atoms with Crippen molar-refractivity contribution in [2.24, 2.45) is 0 Å². The molecule has 198 valence electrons. The van der Waals surface area contributed by atoms with Gasteiger partial charge >= 0.3 is 7.82 Å². The third-order valence-electron chi connectivity index (χ3n) is 5.31. The van der Waals surface area contributed by atoms with Crippen LogP contribution in [0.25, 0.3) is 0 Å². The number of likely N-dealkylation sites (N-methyl/N-ethyl adjacent to an activating group) is 1. The summed E-state index contributed by atoms with van der Waals surface area (Å²) in [6.45, 7) is 3.29. The summed E-state index contributed by atoms with van der Waals surface area (Å²) in [6.07, 6.45) is 20.1. The quantitative estimate of drug-likeness (QED) is 0.0758. The Morgan fingerprint density at radius 1 is 0.788 bits per heavy atom. The molecular weight excluding hydrogens is 441 g/mol. The molecule has 0 amide bonds. The highest BCUT2D eigenvalue weighted by molar-refractivity contribution is 7.47. The molecule has 8 heteroatoms. The first kappa shape index (κ1) is 32.7. The Morgan fingerprint density at radius 2 is 1.33 bits per heavy atom. The van der Waals surface area contributed by atoms with E-state index in [2.05, 4.69) is 19.1 Å². The zero-order valence-electron chi connectivity index (χ0n) is 21.9. The smallest absolute Gasteiger partial charge is 0.388 e. The monoisotopic (exact) mass is 494 g/mol. The van der Waals surface area contributed by atoms with E-state index in [1.807, 2.05) is 21.1 Å². The SMILES string of the molecule is CCCCCCCCCCC/C=C/CCCCOC[C@@H](O)COP(=O)(O)OCC[N+](C)(C)C. The molecular formula is C25H53NO6P+. The Balaban J connectivity index is 3.47. The Hall–Kier alpha value is -0.270. The van der Waals surface area contributed by atoms with Crippen molar-refractivity contribution in [1.29, 1.82) is 0 Å². The van der Waals surface area contributed by atoms with Crippen LogP contribution in [-0.4, -0.2) is 74.7 Å². The van der Waals surface area contributed by atoms with E-state index in [0.717, 1.165) is 19.3 Å². The fourth-order valence-corrected chi connectivity index (χ4v) is 3.94. The maximum Gasteiger partial charge on any atom is 0.472 e. The lowest BCUT2D eigenvalue weighted by molar-refractivity contribution is -0.870. The molecule has 2 N–H and O–H groups in total. The van der Waals surface area contributed by atoms with Gasteiger partial charge in [0.1, 0.15) is 19.3 Å². The van der Waals surface area contributed by atoms with E-state index in [4.69, 9.17) is 13.8 Å². The summed E-state index contributed by atoms with van der Waals surface area (Å²) < 4.78 is 27.6. The van der Waals surface area contributed by atoms with Gasteiger partial charge in [0, 0.05) is 6.61 Å². The van der Waals surface area contributed by atoms with Crippen molar-refractivity contribution < 1.29 is 32.8 Å². The molecule has 1 unspecified atom stereocenters. The van der Waals surface area contributed by atoms with E-state index < -0.39 is 13.9 Å². The van der Waals surface area contributed by atoms with Crippen LogP contribution in [0.15, 0.2) is 12.2 Å². The predicted molar refractivity (Wildman–Crippen MR) is 136 cm³/mol.